The second-order valence-corrected chi connectivity index (χ2v) is 6.28. The van der Waals surface area contributed by atoms with Crippen molar-refractivity contribution in [3.63, 3.8) is 0 Å². The van der Waals surface area contributed by atoms with Gasteiger partial charge in [-0.2, -0.15) is 0 Å². The van der Waals surface area contributed by atoms with E-state index in [2.05, 4.69) is 14.5 Å². The van der Waals surface area contributed by atoms with E-state index in [1.807, 2.05) is 41.6 Å². The van der Waals surface area contributed by atoms with Crippen molar-refractivity contribution in [2.75, 3.05) is 20.3 Å². The van der Waals surface area contributed by atoms with Crippen LogP contribution in [0.5, 0.6) is 0 Å². The van der Waals surface area contributed by atoms with Crippen molar-refractivity contribution in [1.82, 2.24) is 19.4 Å². The molecular formula is C18H20N4O2. The van der Waals surface area contributed by atoms with Gasteiger partial charge in [0, 0.05) is 61.2 Å². The third kappa shape index (κ3) is 2.69. The number of benzene rings is 1. The average molecular weight is 324 g/mol. The van der Waals surface area contributed by atoms with E-state index >= 15 is 0 Å². The summed E-state index contributed by atoms with van der Waals surface area (Å²) in [6.07, 6.45) is 5.65. The van der Waals surface area contributed by atoms with Crippen LogP contribution in [0.4, 0.5) is 0 Å². The Hall–Kier alpha value is -2.60. The molecule has 0 unspecified atom stereocenters. The van der Waals surface area contributed by atoms with Gasteiger partial charge in [-0.3, -0.25) is 4.79 Å². The number of imidazole rings is 1. The van der Waals surface area contributed by atoms with Gasteiger partial charge < -0.3 is 19.2 Å². The normalized spacial score (nSPS) is 17.7. The molecule has 24 heavy (non-hydrogen) atoms. The molecule has 6 heteroatoms. The maximum Gasteiger partial charge on any atom is 0.254 e. The number of methoxy groups -OCH3 is 1. The molecule has 1 N–H and O–H groups in total. The summed E-state index contributed by atoms with van der Waals surface area (Å²) in [6, 6.07) is 7.75. The van der Waals surface area contributed by atoms with Crippen molar-refractivity contribution in [1.29, 1.82) is 0 Å². The highest BCUT2D eigenvalue weighted by molar-refractivity contribution is 5.98. The molecule has 4 rings (SSSR count). The number of carbonyl (C=O) groups excluding carboxylic acids is 1. The third-order valence-electron chi connectivity index (χ3n) is 4.56. The average Bonchev–Trinajstić information content (AvgIpc) is 3.19. The monoisotopic (exact) mass is 324 g/mol. The summed E-state index contributed by atoms with van der Waals surface area (Å²) >= 11 is 0. The first-order valence-corrected chi connectivity index (χ1v) is 8.10. The van der Waals surface area contributed by atoms with Crippen LogP contribution in [0.15, 0.2) is 42.9 Å². The molecule has 0 aliphatic carbocycles. The Kier molecular flexibility index (Phi) is 3.82. The van der Waals surface area contributed by atoms with Gasteiger partial charge in [-0.1, -0.05) is 0 Å². The topological polar surface area (TPSA) is 63.1 Å². The van der Waals surface area contributed by atoms with Crippen LogP contribution >= 0.6 is 0 Å². The minimum atomic E-state index is 0.0376. The molecule has 0 bridgehead atoms. The number of nitrogens with one attached hydrogen (secondary N) is 1. The van der Waals surface area contributed by atoms with Crippen LogP contribution in [0.2, 0.25) is 0 Å². The molecule has 1 aromatic carbocycles. The lowest BCUT2D eigenvalue weighted by Crippen LogP contribution is -2.35. The highest BCUT2D eigenvalue weighted by atomic mass is 16.5. The molecular weight excluding hydrogens is 304 g/mol. The number of ether oxygens (including phenoxy) is 1. The first-order chi connectivity index (χ1) is 11.7. The number of rotatable bonds is 3. The molecule has 1 amide bonds. The molecule has 2 aromatic heterocycles. The molecule has 6 nitrogen and oxygen atoms in total. The number of hydrogen-bond acceptors (Lipinski definition) is 3. The second-order valence-electron chi connectivity index (χ2n) is 6.28. The third-order valence-corrected chi connectivity index (χ3v) is 4.56. The number of hydrogen-bond donors (Lipinski definition) is 1. The number of fused-ring (bicyclic) bond motifs is 2. The lowest BCUT2D eigenvalue weighted by Gasteiger charge is -2.23. The fourth-order valence-electron chi connectivity index (χ4n) is 3.41. The number of amides is 1. The minimum absolute atomic E-state index is 0.0376. The van der Waals surface area contributed by atoms with Crippen molar-refractivity contribution in [3.05, 3.63) is 54.2 Å². The lowest BCUT2D eigenvalue weighted by atomic mass is 10.1. The van der Waals surface area contributed by atoms with Crippen LogP contribution in [0.3, 0.4) is 0 Å². The first-order valence-electron chi connectivity index (χ1n) is 8.10. The summed E-state index contributed by atoms with van der Waals surface area (Å²) in [5, 5.41) is 1.05. The first kappa shape index (κ1) is 15.0. The van der Waals surface area contributed by atoms with Crippen molar-refractivity contribution < 1.29 is 9.53 Å². The Bertz CT molecular complexity index is 867. The second kappa shape index (κ2) is 6.13. The lowest BCUT2D eigenvalue weighted by molar-refractivity contribution is 0.0666. The number of H-pyrrole nitrogens is 1. The van der Waals surface area contributed by atoms with Gasteiger partial charge in [-0.25, -0.2) is 4.98 Å². The molecule has 1 aliphatic rings. The zero-order chi connectivity index (χ0) is 16.5. The highest BCUT2D eigenvalue weighted by Gasteiger charge is 2.26. The fourth-order valence-corrected chi connectivity index (χ4v) is 3.41. The van der Waals surface area contributed by atoms with Crippen molar-refractivity contribution >= 4 is 16.8 Å². The van der Waals surface area contributed by atoms with E-state index in [1.54, 1.807) is 13.3 Å². The van der Waals surface area contributed by atoms with Gasteiger partial charge in [-0.05, 0) is 24.3 Å². The summed E-state index contributed by atoms with van der Waals surface area (Å²) in [5.74, 6) is 1.21. The van der Waals surface area contributed by atoms with Crippen LogP contribution in [0.1, 0.15) is 16.2 Å². The van der Waals surface area contributed by atoms with E-state index < -0.39 is 0 Å². The van der Waals surface area contributed by atoms with Crippen molar-refractivity contribution in [2.45, 2.75) is 13.1 Å². The van der Waals surface area contributed by atoms with Crippen LogP contribution in [0, 0.1) is 5.92 Å². The van der Waals surface area contributed by atoms with Gasteiger partial charge in [-0.15, -0.1) is 0 Å². The predicted octanol–water partition coefficient (Wildman–Crippen LogP) is 2.28. The van der Waals surface area contributed by atoms with Crippen molar-refractivity contribution in [3.8, 4) is 0 Å². The van der Waals surface area contributed by atoms with Crippen LogP contribution in [-0.2, 0) is 17.8 Å². The summed E-state index contributed by atoms with van der Waals surface area (Å²) in [6.45, 7) is 2.64. The Labute approximate surface area is 140 Å². The van der Waals surface area contributed by atoms with Crippen LogP contribution in [0.25, 0.3) is 10.9 Å². The van der Waals surface area contributed by atoms with Gasteiger partial charge in [0.1, 0.15) is 5.82 Å². The van der Waals surface area contributed by atoms with Gasteiger partial charge in [0.15, 0.2) is 0 Å². The number of aromatic nitrogens is 3. The van der Waals surface area contributed by atoms with E-state index in [1.165, 1.54) is 0 Å². The van der Waals surface area contributed by atoms with Gasteiger partial charge in [0.2, 0.25) is 0 Å². The van der Waals surface area contributed by atoms with Gasteiger partial charge in [0.25, 0.3) is 5.91 Å². The Morgan fingerprint density at radius 2 is 2.29 bits per heavy atom. The van der Waals surface area contributed by atoms with Crippen LogP contribution < -0.4 is 0 Å². The number of aromatic amines is 1. The smallest absolute Gasteiger partial charge is 0.254 e. The van der Waals surface area contributed by atoms with E-state index in [9.17, 15) is 4.79 Å². The Morgan fingerprint density at radius 3 is 3.17 bits per heavy atom. The molecule has 0 saturated carbocycles. The molecule has 0 saturated heterocycles. The highest BCUT2D eigenvalue weighted by Crippen LogP contribution is 2.20. The fraction of sp³-hybridized carbons (Fsp3) is 0.333. The molecule has 0 radical (unpaired) electrons. The van der Waals surface area contributed by atoms with E-state index in [-0.39, 0.29) is 11.8 Å². The van der Waals surface area contributed by atoms with Crippen molar-refractivity contribution in [2.24, 2.45) is 5.92 Å². The summed E-state index contributed by atoms with van der Waals surface area (Å²) < 4.78 is 7.45. The maximum absolute atomic E-state index is 13.0. The number of nitrogens with zero attached hydrogens (tertiary/aromatic N) is 3. The number of carbonyl (C=O) groups is 1. The summed E-state index contributed by atoms with van der Waals surface area (Å²) in [5.41, 5.74) is 1.74. The standard InChI is InChI=1S/C18H20N4O2/c1-24-12-13-9-21-7-6-20-17(21)11-22(10-13)18(23)15-2-3-16-14(8-15)4-5-19-16/h2-8,13,19H,9-12H2,1H3/t13-/m1/s1. The van der Waals surface area contributed by atoms with Gasteiger partial charge >= 0.3 is 0 Å². The summed E-state index contributed by atoms with van der Waals surface area (Å²) in [7, 11) is 1.70. The minimum Gasteiger partial charge on any atom is -0.384 e. The molecule has 0 spiro atoms. The van der Waals surface area contributed by atoms with E-state index in [0.29, 0.717) is 25.3 Å². The summed E-state index contributed by atoms with van der Waals surface area (Å²) in [4.78, 5) is 22.5. The van der Waals surface area contributed by atoms with E-state index in [4.69, 9.17) is 4.74 Å². The molecule has 1 atom stereocenters. The molecule has 3 heterocycles. The van der Waals surface area contributed by atoms with Crippen LogP contribution in [-0.4, -0.2) is 45.6 Å². The molecule has 124 valence electrons. The Morgan fingerprint density at radius 1 is 1.38 bits per heavy atom. The molecule has 3 aromatic rings. The molecule has 1 aliphatic heterocycles. The SMILES string of the molecule is COC[C@H]1CN(C(=O)c2ccc3[nH]ccc3c2)Cc2nccn2C1. The maximum atomic E-state index is 13.0. The zero-order valence-corrected chi connectivity index (χ0v) is 13.6. The largest absolute Gasteiger partial charge is 0.384 e. The zero-order valence-electron chi connectivity index (χ0n) is 13.6. The predicted molar refractivity (Wildman–Crippen MR) is 90.6 cm³/mol. The van der Waals surface area contributed by atoms with E-state index in [0.717, 1.165) is 23.3 Å². The van der Waals surface area contributed by atoms with Gasteiger partial charge in [0.05, 0.1) is 13.2 Å². The molecule has 0 fully saturated rings. The Balaban J connectivity index is 1.64. The quantitative estimate of drug-likeness (QED) is 0.804.